The van der Waals surface area contributed by atoms with Crippen molar-refractivity contribution >= 4 is 0 Å². The van der Waals surface area contributed by atoms with E-state index in [2.05, 4.69) is 20.1 Å². The largest absolute Gasteiger partial charge is 0.501 e. The molecule has 0 spiro atoms. The maximum atomic E-state index is 4.92. The van der Waals surface area contributed by atoms with E-state index in [-0.39, 0.29) is 0 Å². The van der Waals surface area contributed by atoms with Crippen LogP contribution in [0.3, 0.4) is 0 Å². The molecule has 0 aliphatic rings. The van der Waals surface area contributed by atoms with E-state index in [1.807, 2.05) is 6.08 Å². The van der Waals surface area contributed by atoms with E-state index in [0.717, 1.165) is 12.2 Å². The predicted octanol–water partition coefficient (Wildman–Crippen LogP) is 2.36. The minimum Gasteiger partial charge on any atom is -0.501 e. The third kappa shape index (κ3) is 2.96. The zero-order chi connectivity index (χ0) is 7.28. The summed E-state index contributed by atoms with van der Waals surface area (Å²) in [6.45, 7) is 9.41. The summed E-state index contributed by atoms with van der Waals surface area (Å²) in [6.07, 6.45) is 2.81. The lowest BCUT2D eigenvalue weighted by molar-refractivity contribution is 0.250. The summed E-state index contributed by atoms with van der Waals surface area (Å²) in [4.78, 5) is 0. The van der Waals surface area contributed by atoms with E-state index in [9.17, 15) is 0 Å². The van der Waals surface area contributed by atoms with Gasteiger partial charge in [-0.3, -0.25) is 0 Å². The number of allylic oxidation sites excluding steroid dienone is 2. The van der Waals surface area contributed by atoms with Gasteiger partial charge in [0, 0.05) is 5.92 Å². The third-order valence-electron chi connectivity index (χ3n) is 1.33. The highest BCUT2D eigenvalue weighted by molar-refractivity contribution is 4.91. The molecule has 1 nitrogen and oxygen atoms in total. The molecule has 0 aliphatic carbocycles. The van der Waals surface area contributed by atoms with Crippen molar-refractivity contribution in [3.8, 4) is 0 Å². The number of hydrogen-bond acceptors (Lipinski definition) is 1. The summed E-state index contributed by atoms with van der Waals surface area (Å²) >= 11 is 0. The number of methoxy groups -OCH3 is 1. The molecule has 0 amide bonds. The molecular weight excluding hydrogens is 112 g/mol. The quantitative estimate of drug-likeness (QED) is 0.415. The lowest BCUT2D eigenvalue weighted by atomic mass is 10.1. The second-order valence-corrected chi connectivity index (χ2v) is 2.10. The van der Waals surface area contributed by atoms with Gasteiger partial charge in [-0.15, -0.1) is 6.58 Å². The second kappa shape index (κ2) is 4.19. The molecule has 0 radical (unpaired) electrons. The van der Waals surface area contributed by atoms with Crippen LogP contribution in [0.4, 0.5) is 0 Å². The molecule has 0 fully saturated rings. The highest BCUT2D eigenvalue weighted by atomic mass is 16.5. The van der Waals surface area contributed by atoms with Crippen molar-refractivity contribution in [1.82, 2.24) is 0 Å². The van der Waals surface area contributed by atoms with Gasteiger partial charge in [0.1, 0.15) is 0 Å². The van der Waals surface area contributed by atoms with Gasteiger partial charge < -0.3 is 4.74 Å². The van der Waals surface area contributed by atoms with Crippen LogP contribution in [-0.2, 0) is 4.74 Å². The minimum absolute atomic E-state index is 0.396. The molecular formula is C8H14O. The molecule has 0 aromatic heterocycles. The SMILES string of the molecule is C=CCC(C)C(=C)OC. The number of ether oxygens (including phenoxy) is 1. The van der Waals surface area contributed by atoms with Gasteiger partial charge in [0.05, 0.1) is 12.9 Å². The first-order valence-corrected chi connectivity index (χ1v) is 3.06. The Morgan fingerprint density at radius 3 is 2.67 bits per heavy atom. The van der Waals surface area contributed by atoms with Crippen molar-refractivity contribution in [1.29, 1.82) is 0 Å². The van der Waals surface area contributed by atoms with Gasteiger partial charge in [-0.25, -0.2) is 0 Å². The van der Waals surface area contributed by atoms with Crippen molar-refractivity contribution < 1.29 is 4.74 Å². The van der Waals surface area contributed by atoms with Gasteiger partial charge in [0.15, 0.2) is 0 Å². The van der Waals surface area contributed by atoms with Gasteiger partial charge in [-0.2, -0.15) is 0 Å². The van der Waals surface area contributed by atoms with E-state index in [1.165, 1.54) is 0 Å². The van der Waals surface area contributed by atoms with E-state index >= 15 is 0 Å². The third-order valence-corrected chi connectivity index (χ3v) is 1.33. The van der Waals surface area contributed by atoms with Crippen LogP contribution in [0.25, 0.3) is 0 Å². The minimum atomic E-state index is 0.396. The number of rotatable bonds is 4. The van der Waals surface area contributed by atoms with Crippen LogP contribution in [0.1, 0.15) is 13.3 Å². The highest BCUT2D eigenvalue weighted by Crippen LogP contribution is 2.12. The summed E-state index contributed by atoms with van der Waals surface area (Å²) in [5.74, 6) is 1.22. The summed E-state index contributed by atoms with van der Waals surface area (Å²) < 4.78 is 4.92. The summed E-state index contributed by atoms with van der Waals surface area (Å²) in [5.41, 5.74) is 0. The van der Waals surface area contributed by atoms with Gasteiger partial charge in [0.25, 0.3) is 0 Å². The zero-order valence-corrected chi connectivity index (χ0v) is 6.18. The van der Waals surface area contributed by atoms with Crippen LogP contribution in [0.2, 0.25) is 0 Å². The fourth-order valence-corrected chi connectivity index (χ4v) is 0.583. The zero-order valence-electron chi connectivity index (χ0n) is 6.18. The molecule has 0 bridgehead atoms. The average molecular weight is 126 g/mol. The topological polar surface area (TPSA) is 9.23 Å². The van der Waals surface area contributed by atoms with Gasteiger partial charge in [0.2, 0.25) is 0 Å². The fraction of sp³-hybridized carbons (Fsp3) is 0.500. The molecule has 0 saturated heterocycles. The summed E-state index contributed by atoms with van der Waals surface area (Å²) in [7, 11) is 1.64. The van der Waals surface area contributed by atoms with Gasteiger partial charge >= 0.3 is 0 Å². The standard InChI is InChI=1S/C8H14O/c1-5-6-7(2)8(3)9-4/h5,7H,1,3,6H2,2,4H3. The van der Waals surface area contributed by atoms with Crippen LogP contribution in [-0.4, -0.2) is 7.11 Å². The van der Waals surface area contributed by atoms with Crippen molar-refractivity contribution in [2.24, 2.45) is 5.92 Å². The molecule has 0 aromatic carbocycles. The van der Waals surface area contributed by atoms with E-state index in [4.69, 9.17) is 4.74 Å². The van der Waals surface area contributed by atoms with Crippen molar-refractivity contribution in [2.75, 3.05) is 7.11 Å². The molecule has 1 heteroatoms. The second-order valence-electron chi connectivity index (χ2n) is 2.10. The molecule has 0 N–H and O–H groups in total. The Morgan fingerprint density at radius 1 is 1.78 bits per heavy atom. The Balaban J connectivity index is 3.58. The summed E-state index contributed by atoms with van der Waals surface area (Å²) in [6, 6.07) is 0. The molecule has 0 heterocycles. The van der Waals surface area contributed by atoms with Gasteiger partial charge in [-0.05, 0) is 6.42 Å². The lowest BCUT2D eigenvalue weighted by Crippen LogP contribution is -1.97. The van der Waals surface area contributed by atoms with Crippen LogP contribution in [0.5, 0.6) is 0 Å². The molecule has 0 aromatic rings. The monoisotopic (exact) mass is 126 g/mol. The predicted molar refractivity (Wildman–Crippen MR) is 40.1 cm³/mol. The highest BCUT2D eigenvalue weighted by Gasteiger charge is 2.02. The Hall–Kier alpha value is -0.720. The van der Waals surface area contributed by atoms with Crippen LogP contribution < -0.4 is 0 Å². The lowest BCUT2D eigenvalue weighted by Gasteiger charge is -2.09. The summed E-state index contributed by atoms with van der Waals surface area (Å²) in [5, 5.41) is 0. The Morgan fingerprint density at radius 2 is 2.33 bits per heavy atom. The van der Waals surface area contributed by atoms with Crippen LogP contribution in [0, 0.1) is 5.92 Å². The van der Waals surface area contributed by atoms with E-state index in [1.54, 1.807) is 7.11 Å². The molecule has 52 valence electrons. The Bertz CT molecular complexity index is 105. The Labute approximate surface area is 57.0 Å². The smallest absolute Gasteiger partial charge is 0.0915 e. The average Bonchev–Trinajstić information content (AvgIpc) is 1.87. The first kappa shape index (κ1) is 8.28. The van der Waals surface area contributed by atoms with Crippen molar-refractivity contribution in [2.45, 2.75) is 13.3 Å². The Kier molecular flexibility index (Phi) is 3.85. The molecule has 1 unspecified atom stereocenters. The van der Waals surface area contributed by atoms with E-state index in [0.29, 0.717) is 5.92 Å². The first-order valence-electron chi connectivity index (χ1n) is 3.06. The molecule has 0 saturated carbocycles. The molecule has 0 rings (SSSR count). The molecule has 1 atom stereocenters. The maximum Gasteiger partial charge on any atom is 0.0915 e. The van der Waals surface area contributed by atoms with Gasteiger partial charge in [-0.1, -0.05) is 19.6 Å². The molecule has 9 heavy (non-hydrogen) atoms. The normalized spacial score (nSPS) is 12.2. The van der Waals surface area contributed by atoms with Crippen molar-refractivity contribution in [3.05, 3.63) is 25.0 Å². The fourth-order valence-electron chi connectivity index (χ4n) is 0.583. The first-order chi connectivity index (χ1) is 4.22. The van der Waals surface area contributed by atoms with Crippen LogP contribution >= 0.6 is 0 Å². The van der Waals surface area contributed by atoms with Crippen LogP contribution in [0.15, 0.2) is 25.0 Å². The van der Waals surface area contributed by atoms with Crippen molar-refractivity contribution in [3.63, 3.8) is 0 Å². The maximum absolute atomic E-state index is 4.92. The molecule has 0 aliphatic heterocycles. The number of hydrogen-bond donors (Lipinski definition) is 0. The van der Waals surface area contributed by atoms with E-state index < -0.39 is 0 Å².